The van der Waals surface area contributed by atoms with Crippen LogP contribution in [0, 0.1) is 0 Å². The third-order valence-electron chi connectivity index (χ3n) is 4.79. The van der Waals surface area contributed by atoms with Gasteiger partial charge < -0.3 is 19.9 Å². The minimum Gasteiger partial charge on any atom is -0.488 e. The number of aromatic nitrogens is 1. The Kier molecular flexibility index (Phi) is 4.41. The van der Waals surface area contributed by atoms with Crippen LogP contribution in [-0.2, 0) is 6.42 Å². The Labute approximate surface area is 147 Å². The number of ether oxygens (including phenoxy) is 1. The van der Waals surface area contributed by atoms with Gasteiger partial charge in [-0.2, -0.15) is 0 Å². The Hall–Kier alpha value is -2.76. The highest BCUT2D eigenvalue weighted by atomic mass is 16.5. The fourth-order valence-corrected chi connectivity index (χ4v) is 3.40. The molecule has 1 N–H and O–H groups in total. The van der Waals surface area contributed by atoms with E-state index in [0.717, 1.165) is 44.0 Å². The maximum atomic E-state index is 12.4. The number of para-hydroxylation sites is 1. The maximum Gasteiger partial charge on any atom is 0.317 e. The predicted molar refractivity (Wildman–Crippen MR) is 96.0 cm³/mol. The maximum absolute atomic E-state index is 12.4. The summed E-state index contributed by atoms with van der Waals surface area (Å²) in [6, 6.07) is 12.1. The highest BCUT2D eigenvalue weighted by Crippen LogP contribution is 2.27. The Morgan fingerprint density at radius 3 is 2.64 bits per heavy atom. The van der Waals surface area contributed by atoms with Crippen LogP contribution in [0.15, 0.2) is 48.8 Å². The Bertz CT molecular complexity index is 704. The van der Waals surface area contributed by atoms with Crippen LogP contribution in [0.5, 0.6) is 5.75 Å². The van der Waals surface area contributed by atoms with Crippen molar-refractivity contribution in [2.45, 2.75) is 12.5 Å². The van der Waals surface area contributed by atoms with Crippen molar-refractivity contribution in [2.75, 3.05) is 37.6 Å². The van der Waals surface area contributed by atoms with Gasteiger partial charge >= 0.3 is 6.03 Å². The van der Waals surface area contributed by atoms with Gasteiger partial charge in [-0.1, -0.05) is 18.2 Å². The van der Waals surface area contributed by atoms with Gasteiger partial charge in [0.05, 0.1) is 6.54 Å². The number of rotatable bonds is 3. The Balaban J connectivity index is 1.24. The minimum atomic E-state index is -0.00562. The average molecular weight is 338 g/mol. The molecular weight excluding hydrogens is 316 g/mol. The summed E-state index contributed by atoms with van der Waals surface area (Å²) in [6.45, 7) is 3.66. The zero-order valence-corrected chi connectivity index (χ0v) is 14.1. The summed E-state index contributed by atoms with van der Waals surface area (Å²) >= 11 is 0. The number of carbonyl (C=O) groups excluding carboxylic acids is 1. The number of amides is 2. The summed E-state index contributed by atoms with van der Waals surface area (Å²) in [7, 11) is 0. The Morgan fingerprint density at radius 1 is 1.12 bits per heavy atom. The van der Waals surface area contributed by atoms with Crippen molar-refractivity contribution in [3.63, 3.8) is 0 Å². The first-order chi connectivity index (χ1) is 12.3. The lowest BCUT2D eigenvalue weighted by Gasteiger charge is -2.36. The van der Waals surface area contributed by atoms with Gasteiger partial charge in [-0.15, -0.1) is 0 Å². The van der Waals surface area contributed by atoms with E-state index in [1.54, 1.807) is 12.4 Å². The quantitative estimate of drug-likeness (QED) is 0.929. The van der Waals surface area contributed by atoms with Crippen molar-refractivity contribution in [1.82, 2.24) is 15.2 Å². The Morgan fingerprint density at radius 2 is 1.88 bits per heavy atom. The SMILES string of the molecule is O=C(NCC1Cc2ccccc2O1)N1CCN(c2ccncc2)CC1. The van der Waals surface area contributed by atoms with Crippen LogP contribution in [0.1, 0.15) is 5.56 Å². The van der Waals surface area contributed by atoms with Crippen LogP contribution in [-0.4, -0.2) is 54.7 Å². The molecule has 4 rings (SSSR count). The molecule has 3 heterocycles. The summed E-state index contributed by atoms with van der Waals surface area (Å²) in [4.78, 5) is 20.6. The fourth-order valence-electron chi connectivity index (χ4n) is 3.40. The standard InChI is InChI=1S/C19H22N4O2/c24-19(21-14-17-13-15-3-1-2-4-18(15)25-17)23-11-9-22(10-12-23)16-5-7-20-8-6-16/h1-8,17H,9-14H2,(H,21,24). The van der Waals surface area contributed by atoms with Crippen molar-refractivity contribution in [3.05, 3.63) is 54.4 Å². The molecular formula is C19H22N4O2. The van der Waals surface area contributed by atoms with Gasteiger partial charge in [0.15, 0.2) is 0 Å². The third-order valence-corrected chi connectivity index (χ3v) is 4.79. The number of benzene rings is 1. The van der Waals surface area contributed by atoms with E-state index in [0.29, 0.717) is 6.54 Å². The molecule has 1 aromatic heterocycles. The molecule has 6 heteroatoms. The number of nitrogens with one attached hydrogen (secondary N) is 1. The molecule has 2 aromatic rings. The van der Waals surface area contributed by atoms with Gasteiger partial charge in [0, 0.05) is 50.7 Å². The molecule has 0 radical (unpaired) electrons. The van der Waals surface area contributed by atoms with Crippen LogP contribution >= 0.6 is 0 Å². The second-order valence-corrected chi connectivity index (χ2v) is 6.42. The summed E-state index contributed by atoms with van der Waals surface area (Å²) in [5, 5.41) is 3.02. The van der Waals surface area contributed by atoms with Gasteiger partial charge in [-0.25, -0.2) is 4.79 Å². The lowest BCUT2D eigenvalue weighted by molar-refractivity contribution is 0.182. The van der Waals surface area contributed by atoms with Gasteiger partial charge in [0.25, 0.3) is 0 Å². The van der Waals surface area contributed by atoms with Gasteiger partial charge in [-0.3, -0.25) is 4.98 Å². The molecule has 25 heavy (non-hydrogen) atoms. The predicted octanol–water partition coefficient (Wildman–Crippen LogP) is 1.92. The van der Waals surface area contributed by atoms with Crippen LogP contribution in [0.3, 0.4) is 0 Å². The molecule has 0 aliphatic carbocycles. The van der Waals surface area contributed by atoms with E-state index in [9.17, 15) is 4.79 Å². The molecule has 0 spiro atoms. The molecule has 1 saturated heterocycles. The fraction of sp³-hybridized carbons (Fsp3) is 0.368. The smallest absolute Gasteiger partial charge is 0.317 e. The van der Waals surface area contributed by atoms with Crippen molar-refractivity contribution in [1.29, 1.82) is 0 Å². The molecule has 0 saturated carbocycles. The molecule has 1 aromatic carbocycles. The lowest BCUT2D eigenvalue weighted by Crippen LogP contribution is -2.53. The first-order valence-electron chi connectivity index (χ1n) is 8.72. The van der Waals surface area contributed by atoms with E-state index in [1.807, 2.05) is 35.2 Å². The van der Waals surface area contributed by atoms with Crippen LogP contribution in [0.25, 0.3) is 0 Å². The van der Waals surface area contributed by atoms with E-state index in [2.05, 4.69) is 21.3 Å². The average Bonchev–Trinajstić information content (AvgIpc) is 3.10. The second-order valence-electron chi connectivity index (χ2n) is 6.42. The molecule has 6 nitrogen and oxygen atoms in total. The molecule has 130 valence electrons. The summed E-state index contributed by atoms with van der Waals surface area (Å²) < 4.78 is 5.87. The number of pyridine rings is 1. The summed E-state index contributed by atoms with van der Waals surface area (Å²) in [6.07, 6.45) is 4.48. The van der Waals surface area contributed by atoms with Crippen LogP contribution < -0.4 is 15.0 Å². The molecule has 0 bridgehead atoms. The normalized spacial score (nSPS) is 19.3. The molecule has 2 aliphatic heterocycles. The third kappa shape index (κ3) is 3.52. The molecule has 1 unspecified atom stereocenters. The molecule has 1 fully saturated rings. The molecule has 2 aliphatic rings. The minimum absolute atomic E-state index is 0.00562. The van der Waals surface area contributed by atoms with Crippen molar-refractivity contribution < 1.29 is 9.53 Å². The zero-order valence-electron chi connectivity index (χ0n) is 14.1. The number of fused-ring (bicyclic) bond motifs is 1. The first-order valence-corrected chi connectivity index (χ1v) is 8.72. The highest BCUT2D eigenvalue weighted by Gasteiger charge is 2.25. The van der Waals surface area contributed by atoms with Crippen molar-refractivity contribution >= 4 is 11.7 Å². The van der Waals surface area contributed by atoms with Crippen LogP contribution in [0.4, 0.5) is 10.5 Å². The van der Waals surface area contributed by atoms with Crippen molar-refractivity contribution in [2.24, 2.45) is 0 Å². The number of anilines is 1. The number of urea groups is 1. The number of carbonyl (C=O) groups is 1. The summed E-state index contributed by atoms with van der Waals surface area (Å²) in [5.74, 6) is 0.938. The van der Waals surface area contributed by atoms with Crippen LogP contribution in [0.2, 0.25) is 0 Å². The lowest BCUT2D eigenvalue weighted by atomic mass is 10.1. The van der Waals surface area contributed by atoms with E-state index in [-0.39, 0.29) is 12.1 Å². The zero-order chi connectivity index (χ0) is 17.1. The van der Waals surface area contributed by atoms with Crippen molar-refractivity contribution in [3.8, 4) is 5.75 Å². The largest absolute Gasteiger partial charge is 0.488 e. The first kappa shape index (κ1) is 15.7. The van der Waals surface area contributed by atoms with E-state index in [4.69, 9.17) is 4.74 Å². The number of nitrogens with zero attached hydrogens (tertiary/aromatic N) is 3. The monoisotopic (exact) mass is 338 g/mol. The number of hydrogen-bond acceptors (Lipinski definition) is 4. The number of hydrogen-bond donors (Lipinski definition) is 1. The van der Waals surface area contributed by atoms with E-state index in [1.165, 1.54) is 5.56 Å². The van der Waals surface area contributed by atoms with Gasteiger partial charge in [-0.05, 0) is 23.8 Å². The highest BCUT2D eigenvalue weighted by molar-refractivity contribution is 5.74. The topological polar surface area (TPSA) is 57.7 Å². The van der Waals surface area contributed by atoms with E-state index >= 15 is 0 Å². The molecule has 2 amide bonds. The van der Waals surface area contributed by atoms with E-state index < -0.39 is 0 Å². The van der Waals surface area contributed by atoms with Gasteiger partial charge in [0.1, 0.15) is 11.9 Å². The molecule has 1 atom stereocenters. The second kappa shape index (κ2) is 7.01. The number of piperazine rings is 1. The summed E-state index contributed by atoms with van der Waals surface area (Å²) in [5.41, 5.74) is 2.37. The van der Waals surface area contributed by atoms with Gasteiger partial charge in [0.2, 0.25) is 0 Å².